The lowest BCUT2D eigenvalue weighted by Crippen LogP contribution is -2.50. The van der Waals surface area contributed by atoms with Crippen LogP contribution in [0, 0.1) is 5.92 Å². The third-order valence-corrected chi connectivity index (χ3v) is 7.88. The number of urea groups is 1. The third-order valence-electron chi connectivity index (χ3n) is 7.88. The Morgan fingerprint density at radius 2 is 1.88 bits per heavy atom. The maximum absolute atomic E-state index is 13.1. The van der Waals surface area contributed by atoms with E-state index in [1.54, 1.807) is 12.0 Å². The van der Waals surface area contributed by atoms with Crippen LogP contribution in [0.15, 0.2) is 24.4 Å². The predicted molar refractivity (Wildman–Crippen MR) is 124 cm³/mol. The van der Waals surface area contributed by atoms with Gasteiger partial charge in [0, 0.05) is 30.2 Å². The molecule has 2 N–H and O–H groups in total. The summed E-state index contributed by atoms with van der Waals surface area (Å²) < 4.78 is 5.38. The minimum atomic E-state index is -0.798. The molecule has 5 rings (SSSR count). The van der Waals surface area contributed by atoms with Crippen LogP contribution in [-0.4, -0.2) is 64.9 Å². The van der Waals surface area contributed by atoms with Crippen LogP contribution >= 0.6 is 0 Å². The van der Waals surface area contributed by atoms with Crippen molar-refractivity contribution in [2.24, 2.45) is 5.92 Å². The Hall–Kier alpha value is -3.03. The number of nitrogens with zero attached hydrogens (tertiary/aromatic N) is 2. The van der Waals surface area contributed by atoms with Gasteiger partial charge in [0.05, 0.1) is 7.11 Å². The maximum atomic E-state index is 13.1. The van der Waals surface area contributed by atoms with Crippen molar-refractivity contribution in [3.05, 3.63) is 30.0 Å². The second-order valence-electron chi connectivity index (χ2n) is 9.90. The second kappa shape index (κ2) is 8.39. The number of likely N-dealkylation sites (tertiary alicyclic amines) is 1. The van der Waals surface area contributed by atoms with Crippen LogP contribution in [0.1, 0.15) is 56.9 Å². The Bertz CT molecular complexity index is 1080. The highest BCUT2D eigenvalue weighted by Crippen LogP contribution is 2.37. The van der Waals surface area contributed by atoms with Crippen LogP contribution in [0.5, 0.6) is 5.75 Å². The smallest absolute Gasteiger partial charge is 0.325 e. The average Bonchev–Trinajstić information content (AvgIpc) is 3.35. The Morgan fingerprint density at radius 3 is 2.58 bits per heavy atom. The van der Waals surface area contributed by atoms with Crippen molar-refractivity contribution < 1.29 is 19.1 Å². The van der Waals surface area contributed by atoms with E-state index in [4.69, 9.17) is 4.74 Å². The molecule has 1 aromatic carbocycles. The highest BCUT2D eigenvalue weighted by Gasteiger charge is 2.52. The SMILES string of the molecule is COc1ccc2[nH]cc(C3CCN(C(=O)CN4C(=O)NC5(CCC(C)CC5)C4=O)CC3)c2c1. The zero-order valence-corrected chi connectivity index (χ0v) is 19.4. The van der Waals surface area contributed by atoms with Crippen molar-refractivity contribution in [3.8, 4) is 5.75 Å². The van der Waals surface area contributed by atoms with E-state index in [1.807, 2.05) is 12.1 Å². The molecule has 0 atom stereocenters. The topological polar surface area (TPSA) is 94.7 Å². The van der Waals surface area contributed by atoms with Crippen LogP contribution in [0.3, 0.4) is 0 Å². The van der Waals surface area contributed by atoms with Crippen molar-refractivity contribution in [2.45, 2.75) is 56.9 Å². The molecule has 2 aliphatic heterocycles. The number of benzene rings is 1. The fourth-order valence-electron chi connectivity index (χ4n) is 5.67. The van der Waals surface area contributed by atoms with Crippen LogP contribution in [-0.2, 0) is 9.59 Å². The highest BCUT2D eigenvalue weighted by molar-refractivity contribution is 6.09. The molecule has 8 heteroatoms. The zero-order chi connectivity index (χ0) is 23.2. The largest absolute Gasteiger partial charge is 0.497 e. The van der Waals surface area contributed by atoms with E-state index in [0.717, 1.165) is 47.2 Å². The van der Waals surface area contributed by atoms with E-state index in [1.165, 1.54) is 5.56 Å². The van der Waals surface area contributed by atoms with Gasteiger partial charge in [-0.15, -0.1) is 0 Å². The van der Waals surface area contributed by atoms with E-state index in [0.29, 0.717) is 37.8 Å². The van der Waals surface area contributed by atoms with Gasteiger partial charge in [-0.2, -0.15) is 0 Å². The quantitative estimate of drug-likeness (QED) is 0.696. The number of imide groups is 1. The number of aromatic amines is 1. The van der Waals surface area contributed by atoms with Crippen LogP contribution in [0.2, 0.25) is 0 Å². The Morgan fingerprint density at radius 1 is 1.15 bits per heavy atom. The number of methoxy groups -OCH3 is 1. The molecule has 0 bridgehead atoms. The van der Waals surface area contributed by atoms with Gasteiger partial charge in [0.2, 0.25) is 5.91 Å². The molecule has 3 fully saturated rings. The molecule has 8 nitrogen and oxygen atoms in total. The van der Waals surface area contributed by atoms with E-state index < -0.39 is 11.6 Å². The third kappa shape index (κ3) is 3.85. The predicted octanol–water partition coefficient (Wildman–Crippen LogP) is 3.38. The van der Waals surface area contributed by atoms with Gasteiger partial charge < -0.3 is 19.9 Å². The summed E-state index contributed by atoms with van der Waals surface area (Å²) in [5, 5.41) is 4.06. The van der Waals surface area contributed by atoms with Gasteiger partial charge in [-0.3, -0.25) is 14.5 Å². The summed E-state index contributed by atoms with van der Waals surface area (Å²) in [5.74, 6) is 1.36. The lowest BCUT2D eigenvalue weighted by atomic mass is 9.77. The fourth-order valence-corrected chi connectivity index (χ4v) is 5.67. The second-order valence-corrected chi connectivity index (χ2v) is 9.90. The number of fused-ring (bicyclic) bond motifs is 1. The van der Waals surface area contributed by atoms with Crippen molar-refractivity contribution >= 4 is 28.7 Å². The molecule has 0 unspecified atom stereocenters. The Kier molecular flexibility index (Phi) is 5.54. The van der Waals surface area contributed by atoms with Crippen LogP contribution in [0.25, 0.3) is 10.9 Å². The van der Waals surface area contributed by atoms with Gasteiger partial charge in [0.1, 0.15) is 17.8 Å². The fraction of sp³-hybridized carbons (Fsp3) is 0.560. The molecule has 176 valence electrons. The number of piperidine rings is 1. The Balaban J connectivity index is 1.21. The number of carbonyl (C=O) groups is 3. The first-order chi connectivity index (χ1) is 15.9. The van der Waals surface area contributed by atoms with Crippen LogP contribution in [0.4, 0.5) is 4.79 Å². The highest BCUT2D eigenvalue weighted by atomic mass is 16.5. The first-order valence-electron chi connectivity index (χ1n) is 12.0. The zero-order valence-electron chi connectivity index (χ0n) is 19.4. The molecule has 33 heavy (non-hydrogen) atoms. The molecule has 4 amide bonds. The van der Waals surface area contributed by atoms with Crippen molar-refractivity contribution in [1.29, 1.82) is 0 Å². The van der Waals surface area contributed by atoms with Gasteiger partial charge in [-0.05, 0) is 74.1 Å². The van der Waals surface area contributed by atoms with E-state index in [-0.39, 0.29) is 18.4 Å². The number of carbonyl (C=O) groups excluding carboxylic acids is 3. The normalized spacial score (nSPS) is 26.3. The van der Waals surface area contributed by atoms with E-state index in [2.05, 4.69) is 29.5 Å². The summed E-state index contributed by atoms with van der Waals surface area (Å²) in [5.41, 5.74) is 1.53. The lowest BCUT2D eigenvalue weighted by molar-refractivity contribution is -0.140. The number of H-pyrrole nitrogens is 1. The van der Waals surface area contributed by atoms with Gasteiger partial charge >= 0.3 is 6.03 Å². The molecule has 1 aliphatic carbocycles. The summed E-state index contributed by atoms with van der Waals surface area (Å²) in [6.45, 7) is 3.24. The number of hydrogen-bond donors (Lipinski definition) is 2. The first kappa shape index (κ1) is 21.8. The van der Waals surface area contributed by atoms with E-state index >= 15 is 0 Å². The number of ether oxygens (including phenoxy) is 1. The molecule has 0 radical (unpaired) electrons. The summed E-state index contributed by atoms with van der Waals surface area (Å²) in [6.07, 6.45) is 6.90. The standard InChI is InChI=1S/C25H32N4O4/c1-16-5-9-25(10-6-16)23(31)29(24(32)27-25)15-22(30)28-11-7-17(8-12-28)20-14-26-21-4-3-18(33-2)13-19(20)21/h3-4,13-14,16-17,26H,5-12,15H2,1-2H3,(H,27,32). The van der Waals surface area contributed by atoms with Crippen molar-refractivity contribution in [1.82, 2.24) is 20.1 Å². The molecular formula is C25H32N4O4. The first-order valence-corrected chi connectivity index (χ1v) is 12.0. The Labute approximate surface area is 193 Å². The van der Waals surface area contributed by atoms with Crippen molar-refractivity contribution in [2.75, 3.05) is 26.7 Å². The summed E-state index contributed by atoms with van der Waals surface area (Å²) in [6, 6.07) is 5.59. The minimum absolute atomic E-state index is 0.154. The molecule has 3 aliphatic rings. The molecule has 1 aromatic heterocycles. The van der Waals surface area contributed by atoms with Crippen molar-refractivity contribution in [3.63, 3.8) is 0 Å². The molecule has 3 heterocycles. The number of hydrogen-bond acceptors (Lipinski definition) is 4. The molecule has 1 saturated carbocycles. The van der Waals surface area contributed by atoms with Crippen LogP contribution < -0.4 is 10.1 Å². The number of rotatable bonds is 4. The number of aromatic nitrogens is 1. The summed E-state index contributed by atoms with van der Waals surface area (Å²) in [7, 11) is 1.67. The monoisotopic (exact) mass is 452 g/mol. The molecule has 2 aromatic rings. The number of amides is 4. The molecule has 1 spiro atoms. The summed E-state index contributed by atoms with van der Waals surface area (Å²) >= 11 is 0. The lowest BCUT2D eigenvalue weighted by Gasteiger charge is -2.34. The number of nitrogens with one attached hydrogen (secondary N) is 2. The molecule has 2 saturated heterocycles. The van der Waals surface area contributed by atoms with Gasteiger partial charge in [0.15, 0.2) is 0 Å². The van der Waals surface area contributed by atoms with E-state index in [9.17, 15) is 14.4 Å². The van der Waals surface area contributed by atoms with Gasteiger partial charge in [0.25, 0.3) is 5.91 Å². The molecular weight excluding hydrogens is 420 g/mol. The average molecular weight is 453 g/mol. The van der Waals surface area contributed by atoms with Gasteiger partial charge in [-0.25, -0.2) is 4.79 Å². The van der Waals surface area contributed by atoms with Gasteiger partial charge in [-0.1, -0.05) is 6.92 Å². The minimum Gasteiger partial charge on any atom is -0.497 e. The maximum Gasteiger partial charge on any atom is 0.325 e. The summed E-state index contributed by atoms with van der Waals surface area (Å²) in [4.78, 5) is 44.9.